The fraction of sp³-hybridized carbons (Fsp3) is 0.192. The number of nitro benzene ring substituents is 1. The normalized spacial score (nSPS) is 21.7. The van der Waals surface area contributed by atoms with Crippen LogP contribution in [0.3, 0.4) is 0 Å². The molecule has 36 heavy (non-hydrogen) atoms. The van der Waals surface area contributed by atoms with Crippen LogP contribution in [0.4, 0.5) is 5.69 Å². The fourth-order valence-corrected chi connectivity index (χ4v) is 5.22. The van der Waals surface area contributed by atoms with Gasteiger partial charge >= 0.3 is 0 Å². The first-order chi connectivity index (χ1) is 17.2. The molecule has 2 unspecified atom stereocenters. The lowest BCUT2D eigenvalue weighted by Crippen LogP contribution is -2.60. The van der Waals surface area contributed by atoms with Crippen molar-refractivity contribution < 1.29 is 24.4 Å². The number of Topliss-reactive ketones (excluding diaryl/α,β-unsaturated/α-hetero) is 1. The zero-order chi connectivity index (χ0) is 25.4. The number of amides is 1. The number of H-pyrrole nitrogens is 1. The SMILES string of the molecule is CC(C)c1ccc2c(c1)OC1(O)c3cccc([N+](=O)[O-])c3C(=O)C21NC(=O)c1n[nH]c2ccccc12. The maximum Gasteiger partial charge on any atom is 0.280 e. The molecule has 2 aliphatic rings. The Morgan fingerprint density at radius 1 is 1.14 bits per heavy atom. The van der Waals surface area contributed by atoms with Crippen LogP contribution in [0, 0.1) is 10.1 Å². The molecule has 1 amide bonds. The number of fused-ring (bicyclic) bond motifs is 6. The number of ketones is 1. The van der Waals surface area contributed by atoms with E-state index >= 15 is 0 Å². The van der Waals surface area contributed by atoms with Gasteiger partial charge in [0.25, 0.3) is 17.4 Å². The molecule has 0 radical (unpaired) electrons. The van der Waals surface area contributed by atoms with Crippen molar-refractivity contribution in [2.45, 2.75) is 31.1 Å². The number of rotatable bonds is 4. The maximum absolute atomic E-state index is 14.1. The van der Waals surface area contributed by atoms with Crippen LogP contribution < -0.4 is 10.1 Å². The lowest BCUT2D eigenvalue weighted by molar-refractivity contribution is -0.385. The summed E-state index contributed by atoms with van der Waals surface area (Å²) in [5.74, 6) is -3.67. The Hall–Kier alpha value is -4.57. The quantitative estimate of drug-likeness (QED) is 0.296. The molecular formula is C26H20N4O6. The Bertz CT molecular complexity index is 1630. The van der Waals surface area contributed by atoms with E-state index in [2.05, 4.69) is 15.5 Å². The molecule has 4 aromatic rings. The number of carbonyl (C=O) groups is 2. The molecule has 2 atom stereocenters. The van der Waals surface area contributed by atoms with Crippen LogP contribution in [0.1, 0.15) is 57.3 Å². The summed E-state index contributed by atoms with van der Waals surface area (Å²) < 4.78 is 6.02. The molecule has 0 saturated heterocycles. The van der Waals surface area contributed by atoms with Crippen molar-refractivity contribution in [2.75, 3.05) is 0 Å². The highest BCUT2D eigenvalue weighted by molar-refractivity contribution is 6.16. The van der Waals surface area contributed by atoms with Gasteiger partial charge in [-0.25, -0.2) is 0 Å². The molecule has 3 N–H and O–H groups in total. The Labute approximate surface area is 204 Å². The van der Waals surface area contributed by atoms with Gasteiger partial charge in [0, 0.05) is 22.6 Å². The number of hydrogen-bond donors (Lipinski definition) is 3. The second-order valence-electron chi connectivity index (χ2n) is 9.26. The van der Waals surface area contributed by atoms with Gasteiger partial charge in [-0.1, -0.05) is 56.3 Å². The number of carbonyl (C=O) groups excluding carboxylic acids is 2. The molecule has 1 aliphatic carbocycles. The molecule has 3 aromatic carbocycles. The van der Waals surface area contributed by atoms with Crippen LogP contribution in [0.2, 0.25) is 0 Å². The summed E-state index contributed by atoms with van der Waals surface area (Å²) in [7, 11) is 0. The van der Waals surface area contributed by atoms with Crippen molar-refractivity contribution in [3.63, 3.8) is 0 Å². The minimum absolute atomic E-state index is 0.00725. The zero-order valence-corrected chi connectivity index (χ0v) is 19.2. The first-order valence-corrected chi connectivity index (χ1v) is 11.3. The van der Waals surface area contributed by atoms with E-state index in [0.717, 1.165) is 5.56 Å². The van der Waals surface area contributed by atoms with Crippen LogP contribution in [-0.2, 0) is 11.3 Å². The smallest absolute Gasteiger partial charge is 0.280 e. The third kappa shape index (κ3) is 2.61. The number of aromatic amines is 1. The van der Waals surface area contributed by atoms with E-state index in [1.54, 1.807) is 42.5 Å². The molecule has 0 saturated carbocycles. The Morgan fingerprint density at radius 2 is 1.92 bits per heavy atom. The molecule has 0 bridgehead atoms. The number of nitrogens with one attached hydrogen (secondary N) is 2. The summed E-state index contributed by atoms with van der Waals surface area (Å²) in [6.45, 7) is 3.96. The minimum atomic E-state index is -2.41. The average molecular weight is 484 g/mol. The van der Waals surface area contributed by atoms with E-state index in [0.29, 0.717) is 10.9 Å². The molecule has 6 rings (SSSR count). The first kappa shape index (κ1) is 21.9. The monoisotopic (exact) mass is 484 g/mol. The molecular weight excluding hydrogens is 464 g/mol. The maximum atomic E-state index is 14.1. The van der Waals surface area contributed by atoms with Gasteiger partial charge in [-0.05, 0) is 23.6 Å². The molecule has 1 aliphatic heterocycles. The average Bonchev–Trinajstić information content (AvgIpc) is 3.45. The number of nitro groups is 1. The van der Waals surface area contributed by atoms with Gasteiger partial charge in [0.15, 0.2) is 5.69 Å². The number of hydrogen-bond acceptors (Lipinski definition) is 7. The Balaban J connectivity index is 1.58. The van der Waals surface area contributed by atoms with E-state index in [1.165, 1.54) is 18.2 Å². The lowest BCUT2D eigenvalue weighted by Gasteiger charge is -2.34. The van der Waals surface area contributed by atoms with Gasteiger partial charge < -0.3 is 15.2 Å². The predicted octanol–water partition coefficient (Wildman–Crippen LogP) is 3.65. The van der Waals surface area contributed by atoms with Crippen molar-refractivity contribution in [3.8, 4) is 5.75 Å². The van der Waals surface area contributed by atoms with E-state index < -0.39 is 33.6 Å². The van der Waals surface area contributed by atoms with Crippen molar-refractivity contribution in [1.29, 1.82) is 0 Å². The van der Waals surface area contributed by atoms with E-state index in [9.17, 15) is 24.8 Å². The largest absolute Gasteiger partial charge is 0.454 e. The molecule has 1 aromatic heterocycles. The highest BCUT2D eigenvalue weighted by Gasteiger charge is 2.73. The highest BCUT2D eigenvalue weighted by Crippen LogP contribution is 2.59. The summed E-state index contributed by atoms with van der Waals surface area (Å²) in [4.78, 5) is 38.8. The van der Waals surface area contributed by atoms with Crippen LogP contribution >= 0.6 is 0 Å². The summed E-state index contributed by atoms with van der Waals surface area (Å²) in [6.07, 6.45) is 0. The first-order valence-electron chi connectivity index (χ1n) is 11.3. The number of aromatic nitrogens is 2. The van der Waals surface area contributed by atoms with Gasteiger partial charge in [0.2, 0.25) is 11.3 Å². The Kier molecular flexibility index (Phi) is 4.40. The fourth-order valence-electron chi connectivity index (χ4n) is 5.22. The molecule has 180 valence electrons. The van der Waals surface area contributed by atoms with Gasteiger partial charge in [0.05, 0.1) is 10.4 Å². The second kappa shape index (κ2) is 7.22. The van der Waals surface area contributed by atoms with Crippen LogP contribution in [0.5, 0.6) is 5.75 Å². The molecule has 0 spiro atoms. The number of nitrogens with zero attached hydrogens (tertiary/aromatic N) is 2. The van der Waals surface area contributed by atoms with Gasteiger partial charge in [-0.15, -0.1) is 0 Å². The highest BCUT2D eigenvalue weighted by atomic mass is 16.6. The molecule has 10 heteroatoms. The zero-order valence-electron chi connectivity index (χ0n) is 19.2. The number of para-hydroxylation sites is 1. The molecule has 0 fully saturated rings. The van der Waals surface area contributed by atoms with Gasteiger partial charge in [-0.2, -0.15) is 5.10 Å². The molecule has 2 heterocycles. The van der Waals surface area contributed by atoms with Crippen molar-refractivity contribution in [2.24, 2.45) is 0 Å². The van der Waals surface area contributed by atoms with Crippen LogP contribution in [-0.4, -0.2) is 31.9 Å². The van der Waals surface area contributed by atoms with Gasteiger partial charge in [0.1, 0.15) is 11.3 Å². The van der Waals surface area contributed by atoms with Gasteiger partial charge in [-0.3, -0.25) is 24.8 Å². The summed E-state index contributed by atoms with van der Waals surface area (Å²) >= 11 is 0. The molecule has 10 nitrogen and oxygen atoms in total. The summed E-state index contributed by atoms with van der Waals surface area (Å²) in [6, 6.07) is 16.0. The number of benzene rings is 3. The van der Waals surface area contributed by atoms with E-state index in [-0.39, 0.29) is 34.1 Å². The standard InChI is InChI=1S/C26H20N4O6/c1-13(2)14-10-11-16-20(12-14)36-26(33)17-7-5-9-19(30(34)35)21(17)23(31)25(16,26)27-24(32)22-15-6-3-4-8-18(15)28-29-22/h3-13,33H,1-2H3,(H,27,32)(H,28,29). The minimum Gasteiger partial charge on any atom is -0.454 e. The van der Waals surface area contributed by atoms with Crippen LogP contribution in [0.15, 0.2) is 60.7 Å². The van der Waals surface area contributed by atoms with E-state index in [1.807, 2.05) is 13.8 Å². The van der Waals surface area contributed by atoms with Crippen LogP contribution in [0.25, 0.3) is 10.9 Å². The van der Waals surface area contributed by atoms with Crippen molar-refractivity contribution in [3.05, 3.63) is 98.7 Å². The number of ether oxygens (including phenoxy) is 1. The third-order valence-electron chi connectivity index (χ3n) is 7.00. The van der Waals surface area contributed by atoms with Crippen molar-refractivity contribution in [1.82, 2.24) is 15.5 Å². The predicted molar refractivity (Wildman–Crippen MR) is 128 cm³/mol. The Morgan fingerprint density at radius 3 is 2.67 bits per heavy atom. The summed E-state index contributed by atoms with van der Waals surface area (Å²) in [5.41, 5.74) is -1.33. The topological polar surface area (TPSA) is 147 Å². The lowest BCUT2D eigenvalue weighted by atomic mass is 9.82. The third-order valence-corrected chi connectivity index (χ3v) is 7.00. The van der Waals surface area contributed by atoms with Crippen molar-refractivity contribution >= 4 is 28.3 Å². The second-order valence-corrected chi connectivity index (χ2v) is 9.26. The number of aliphatic hydroxyl groups is 1. The summed E-state index contributed by atoms with van der Waals surface area (Å²) in [5, 5.41) is 33.9. The van der Waals surface area contributed by atoms with E-state index in [4.69, 9.17) is 4.74 Å².